The zero-order valence-electron chi connectivity index (χ0n) is 12.9. The van der Waals surface area contributed by atoms with E-state index in [4.69, 9.17) is 5.73 Å². The monoisotopic (exact) mass is 331 g/mol. The van der Waals surface area contributed by atoms with E-state index in [0.717, 1.165) is 0 Å². The van der Waals surface area contributed by atoms with E-state index >= 15 is 0 Å². The summed E-state index contributed by atoms with van der Waals surface area (Å²) in [6.07, 6.45) is 1.47. The van der Waals surface area contributed by atoms with Crippen LogP contribution in [0.3, 0.4) is 0 Å². The summed E-state index contributed by atoms with van der Waals surface area (Å²) >= 11 is 0. The summed E-state index contributed by atoms with van der Waals surface area (Å²) in [7, 11) is 0. The predicted octanol–water partition coefficient (Wildman–Crippen LogP) is 1.01. The molecule has 2 aromatic rings. The van der Waals surface area contributed by atoms with Gasteiger partial charge >= 0.3 is 0 Å². The predicted molar refractivity (Wildman–Crippen MR) is 87.3 cm³/mol. The van der Waals surface area contributed by atoms with Crippen molar-refractivity contribution in [3.63, 3.8) is 0 Å². The van der Waals surface area contributed by atoms with Crippen LogP contribution in [0.1, 0.15) is 12.8 Å². The molecular formula is C17H18FN3O3. The van der Waals surface area contributed by atoms with Crippen LogP contribution >= 0.6 is 0 Å². The molecule has 3 rings (SSSR count). The van der Waals surface area contributed by atoms with Crippen molar-refractivity contribution >= 4 is 11.6 Å². The van der Waals surface area contributed by atoms with Gasteiger partial charge in [0.2, 0.25) is 5.91 Å². The minimum Gasteiger partial charge on any atom is -0.391 e. The molecule has 3 atom stereocenters. The fraction of sp³-hybridized carbons (Fsp3) is 0.294. The summed E-state index contributed by atoms with van der Waals surface area (Å²) in [6, 6.07) is 8.36. The fourth-order valence-corrected chi connectivity index (χ4v) is 2.89. The van der Waals surface area contributed by atoms with Gasteiger partial charge in [0.1, 0.15) is 5.82 Å². The van der Waals surface area contributed by atoms with Gasteiger partial charge in [0, 0.05) is 30.3 Å². The molecule has 1 aromatic heterocycles. The minimum atomic E-state index is -0.710. The van der Waals surface area contributed by atoms with Gasteiger partial charge in [0.05, 0.1) is 17.5 Å². The van der Waals surface area contributed by atoms with E-state index in [1.165, 1.54) is 29.0 Å². The van der Waals surface area contributed by atoms with Crippen LogP contribution in [0.5, 0.6) is 0 Å². The third-order valence-corrected chi connectivity index (χ3v) is 4.26. The summed E-state index contributed by atoms with van der Waals surface area (Å²) in [4.78, 5) is 23.9. The molecule has 1 saturated carbocycles. The molecule has 1 aliphatic carbocycles. The van der Waals surface area contributed by atoms with Gasteiger partial charge in [-0.2, -0.15) is 0 Å². The second-order valence-electron chi connectivity index (χ2n) is 5.96. The number of carbonyl (C=O) groups excluding carboxylic acids is 1. The Hall–Kier alpha value is -2.51. The molecular weight excluding hydrogens is 313 g/mol. The minimum absolute atomic E-state index is 0.0303. The third-order valence-electron chi connectivity index (χ3n) is 4.26. The number of rotatable bonds is 3. The molecule has 0 bridgehead atoms. The van der Waals surface area contributed by atoms with Crippen molar-refractivity contribution in [2.75, 3.05) is 5.32 Å². The van der Waals surface area contributed by atoms with Crippen LogP contribution in [0.15, 0.2) is 47.4 Å². The Balaban J connectivity index is 1.77. The highest BCUT2D eigenvalue weighted by molar-refractivity contribution is 5.93. The molecule has 4 N–H and O–H groups in total. The fourth-order valence-electron chi connectivity index (χ4n) is 2.89. The van der Waals surface area contributed by atoms with Crippen molar-refractivity contribution in [3.8, 4) is 5.69 Å². The zero-order valence-corrected chi connectivity index (χ0v) is 12.9. The molecule has 24 heavy (non-hydrogen) atoms. The average Bonchev–Trinajstić information content (AvgIpc) is 2.89. The molecule has 0 saturated heterocycles. The zero-order chi connectivity index (χ0) is 17.3. The lowest BCUT2D eigenvalue weighted by Gasteiger charge is -2.12. The molecule has 0 radical (unpaired) electrons. The normalized spacial score (nSPS) is 23.2. The lowest BCUT2D eigenvalue weighted by atomic mass is 10.1. The highest BCUT2D eigenvalue weighted by Crippen LogP contribution is 2.27. The van der Waals surface area contributed by atoms with Gasteiger partial charge < -0.3 is 16.2 Å². The van der Waals surface area contributed by atoms with E-state index in [9.17, 15) is 19.1 Å². The average molecular weight is 331 g/mol. The van der Waals surface area contributed by atoms with Crippen molar-refractivity contribution in [3.05, 3.63) is 58.8 Å². The van der Waals surface area contributed by atoms with E-state index < -0.39 is 23.9 Å². The van der Waals surface area contributed by atoms with E-state index in [1.54, 1.807) is 18.2 Å². The van der Waals surface area contributed by atoms with Gasteiger partial charge in [-0.05, 0) is 31.0 Å². The smallest absolute Gasteiger partial charge is 0.255 e. The van der Waals surface area contributed by atoms with Crippen LogP contribution < -0.4 is 16.6 Å². The van der Waals surface area contributed by atoms with E-state index in [2.05, 4.69) is 5.32 Å². The topological polar surface area (TPSA) is 97.4 Å². The number of pyridine rings is 1. The SMILES string of the molecule is N[C@H]1C[C@H](C(=O)Nc2ccc(-n3ccccc3=O)cc2F)C[C@@H]1O. The standard InChI is InChI=1S/C17H18FN3O3/c18-12-9-11(21-6-2-1-3-16(21)23)4-5-14(12)20-17(24)10-7-13(19)15(22)8-10/h1-6,9-10,13,15,22H,7-8,19H2,(H,20,24)/t10-,13-,15-/m0/s1. The Morgan fingerprint density at radius 2 is 2.08 bits per heavy atom. The van der Waals surface area contributed by atoms with Gasteiger partial charge in [0.15, 0.2) is 0 Å². The number of amides is 1. The molecule has 0 aliphatic heterocycles. The quantitative estimate of drug-likeness (QED) is 0.782. The van der Waals surface area contributed by atoms with Crippen LogP contribution in [-0.2, 0) is 4.79 Å². The molecule has 1 fully saturated rings. The van der Waals surface area contributed by atoms with Crippen LogP contribution in [-0.4, -0.2) is 27.7 Å². The maximum absolute atomic E-state index is 14.3. The van der Waals surface area contributed by atoms with Crippen molar-refractivity contribution in [1.29, 1.82) is 0 Å². The molecule has 126 valence electrons. The first-order valence-electron chi connectivity index (χ1n) is 7.68. The van der Waals surface area contributed by atoms with Crippen molar-refractivity contribution in [1.82, 2.24) is 4.57 Å². The number of benzene rings is 1. The molecule has 7 heteroatoms. The van der Waals surface area contributed by atoms with Crippen molar-refractivity contribution < 1.29 is 14.3 Å². The first-order chi connectivity index (χ1) is 11.5. The van der Waals surface area contributed by atoms with Gasteiger partial charge in [-0.1, -0.05) is 6.07 Å². The number of nitrogens with zero attached hydrogens (tertiary/aromatic N) is 1. The number of nitrogens with two attached hydrogens (primary N) is 1. The third kappa shape index (κ3) is 3.22. The Kier molecular flexibility index (Phi) is 4.46. The number of hydrogen-bond acceptors (Lipinski definition) is 4. The van der Waals surface area contributed by atoms with Crippen LogP contribution in [0.2, 0.25) is 0 Å². The van der Waals surface area contributed by atoms with Crippen LogP contribution in [0.25, 0.3) is 5.69 Å². The number of aromatic nitrogens is 1. The molecule has 6 nitrogen and oxygen atoms in total. The van der Waals surface area contributed by atoms with Crippen molar-refractivity contribution in [2.45, 2.75) is 25.0 Å². The van der Waals surface area contributed by atoms with Gasteiger partial charge in [-0.3, -0.25) is 14.2 Å². The Labute approximate surface area is 137 Å². The molecule has 1 amide bonds. The van der Waals surface area contributed by atoms with E-state index in [-0.39, 0.29) is 23.6 Å². The highest BCUT2D eigenvalue weighted by atomic mass is 19.1. The second kappa shape index (κ2) is 6.54. The maximum Gasteiger partial charge on any atom is 0.255 e. The number of anilines is 1. The molecule has 1 aliphatic rings. The maximum atomic E-state index is 14.3. The number of nitrogens with one attached hydrogen (secondary N) is 1. The lowest BCUT2D eigenvalue weighted by molar-refractivity contribution is -0.119. The number of halogens is 1. The second-order valence-corrected chi connectivity index (χ2v) is 5.96. The Morgan fingerprint density at radius 3 is 2.71 bits per heavy atom. The Morgan fingerprint density at radius 1 is 1.29 bits per heavy atom. The van der Waals surface area contributed by atoms with E-state index in [0.29, 0.717) is 12.1 Å². The first-order valence-corrected chi connectivity index (χ1v) is 7.68. The first kappa shape index (κ1) is 16.4. The largest absolute Gasteiger partial charge is 0.391 e. The van der Waals surface area contributed by atoms with Crippen LogP contribution in [0, 0.1) is 11.7 Å². The van der Waals surface area contributed by atoms with Gasteiger partial charge in [-0.25, -0.2) is 4.39 Å². The van der Waals surface area contributed by atoms with Crippen molar-refractivity contribution in [2.24, 2.45) is 11.7 Å². The molecule has 0 unspecified atom stereocenters. The Bertz CT molecular complexity index is 811. The summed E-state index contributed by atoms with van der Waals surface area (Å²) < 4.78 is 15.6. The summed E-state index contributed by atoms with van der Waals surface area (Å²) in [5, 5.41) is 12.1. The molecule has 1 aromatic carbocycles. The summed E-state index contributed by atoms with van der Waals surface area (Å²) in [5.74, 6) is -1.45. The summed E-state index contributed by atoms with van der Waals surface area (Å²) in [6.45, 7) is 0. The highest BCUT2D eigenvalue weighted by Gasteiger charge is 2.34. The van der Waals surface area contributed by atoms with Crippen LogP contribution in [0.4, 0.5) is 10.1 Å². The number of carbonyl (C=O) groups is 1. The number of hydrogen-bond donors (Lipinski definition) is 3. The van der Waals surface area contributed by atoms with E-state index in [1.807, 2.05) is 0 Å². The number of aliphatic hydroxyl groups is 1. The van der Waals surface area contributed by atoms with Gasteiger partial charge in [0.25, 0.3) is 5.56 Å². The summed E-state index contributed by atoms with van der Waals surface area (Å²) in [5.41, 5.74) is 5.82. The molecule has 1 heterocycles. The van der Waals surface area contributed by atoms with Gasteiger partial charge in [-0.15, -0.1) is 0 Å². The lowest BCUT2D eigenvalue weighted by Crippen LogP contribution is -2.28. The number of aliphatic hydroxyl groups excluding tert-OH is 1. The molecule has 0 spiro atoms.